The van der Waals surface area contributed by atoms with E-state index in [1.165, 1.54) is 7.05 Å². The van der Waals surface area contributed by atoms with E-state index in [2.05, 4.69) is 30.8 Å². The van der Waals surface area contributed by atoms with Crippen molar-refractivity contribution >= 4 is 23.4 Å². The van der Waals surface area contributed by atoms with Gasteiger partial charge < -0.3 is 10.0 Å². The Morgan fingerprint density at radius 3 is 2.69 bits per heavy atom. The van der Waals surface area contributed by atoms with Crippen LogP contribution < -0.4 is 9.80 Å². The number of nitrogens with zero attached hydrogens (tertiary/aromatic N) is 4. The van der Waals surface area contributed by atoms with E-state index in [1.807, 2.05) is 12.1 Å². The second-order valence-corrected chi connectivity index (χ2v) is 7.63. The van der Waals surface area contributed by atoms with Crippen LogP contribution in [0.3, 0.4) is 0 Å². The normalized spacial score (nSPS) is 30.7. The molecule has 0 radical (unpaired) electrons. The van der Waals surface area contributed by atoms with Gasteiger partial charge in [0, 0.05) is 37.4 Å². The average Bonchev–Trinajstić information content (AvgIpc) is 3.15. The lowest BCUT2D eigenvalue weighted by molar-refractivity contribution is -0.154. The van der Waals surface area contributed by atoms with E-state index in [0.29, 0.717) is 5.69 Å². The number of hydrogen-bond donors (Lipinski definition) is 1. The quantitative estimate of drug-likeness (QED) is 0.857. The molecule has 3 heterocycles. The molecule has 1 N–H and O–H groups in total. The molecule has 26 heavy (non-hydrogen) atoms. The minimum Gasteiger partial charge on any atom is -0.465 e. The number of hydroxylamine groups is 2. The fraction of sp³-hybridized carbons (Fsp3) is 0.556. The third-order valence-electron chi connectivity index (χ3n) is 6.13. The van der Waals surface area contributed by atoms with Gasteiger partial charge in [0.15, 0.2) is 0 Å². The smallest absolute Gasteiger partial charge is 0.412 e. The van der Waals surface area contributed by atoms with Crippen LogP contribution in [0.4, 0.5) is 16.2 Å². The molecule has 0 spiro atoms. The van der Waals surface area contributed by atoms with Gasteiger partial charge in [0.05, 0.1) is 6.17 Å². The Morgan fingerprint density at radius 2 is 2.08 bits per heavy atom. The summed E-state index contributed by atoms with van der Waals surface area (Å²) >= 11 is 0. The molecule has 3 aliphatic rings. The summed E-state index contributed by atoms with van der Waals surface area (Å²) in [5.74, 6) is -0.352. The molecule has 0 aliphatic carbocycles. The Balaban J connectivity index is 1.77. The van der Waals surface area contributed by atoms with Gasteiger partial charge in [0.25, 0.3) is 5.91 Å². The molecule has 0 saturated carbocycles. The topological polar surface area (TPSA) is 76.6 Å². The first-order valence-corrected chi connectivity index (χ1v) is 8.76. The lowest BCUT2D eigenvalue weighted by Gasteiger charge is -2.32. The fourth-order valence-electron chi connectivity index (χ4n) is 4.85. The molecule has 1 aromatic rings. The first-order valence-electron chi connectivity index (χ1n) is 8.76. The predicted octanol–water partition coefficient (Wildman–Crippen LogP) is 1.31. The minimum absolute atomic E-state index is 0.0290. The number of benzene rings is 1. The summed E-state index contributed by atoms with van der Waals surface area (Å²) in [6.45, 7) is 3.26. The third-order valence-corrected chi connectivity index (χ3v) is 6.13. The van der Waals surface area contributed by atoms with Crippen molar-refractivity contribution in [3.05, 3.63) is 23.8 Å². The van der Waals surface area contributed by atoms with Crippen molar-refractivity contribution in [2.24, 2.45) is 0 Å². The van der Waals surface area contributed by atoms with Gasteiger partial charge in [-0.3, -0.25) is 19.4 Å². The molecular weight excluding hydrogens is 336 g/mol. The molecule has 0 aromatic heterocycles. The Kier molecular flexibility index (Phi) is 3.68. The van der Waals surface area contributed by atoms with Gasteiger partial charge in [-0.2, -0.15) is 0 Å². The molecule has 3 aliphatic heterocycles. The molecule has 140 valence electrons. The van der Waals surface area contributed by atoms with E-state index in [9.17, 15) is 14.7 Å². The summed E-state index contributed by atoms with van der Waals surface area (Å²) < 4.78 is 0. The maximum atomic E-state index is 12.3. The zero-order chi connectivity index (χ0) is 18.8. The van der Waals surface area contributed by atoms with E-state index in [1.54, 1.807) is 6.07 Å². The summed E-state index contributed by atoms with van der Waals surface area (Å²) in [7, 11) is 5.70. The van der Waals surface area contributed by atoms with E-state index >= 15 is 0 Å². The van der Waals surface area contributed by atoms with Crippen molar-refractivity contribution in [2.75, 3.05) is 44.1 Å². The maximum absolute atomic E-state index is 12.3. The second kappa shape index (κ2) is 5.59. The van der Waals surface area contributed by atoms with Gasteiger partial charge in [0.1, 0.15) is 12.6 Å². The molecule has 2 saturated heterocycles. The zero-order valence-corrected chi connectivity index (χ0v) is 15.5. The number of likely N-dealkylation sites (N-methyl/N-ethyl adjacent to an activating group) is 3. The van der Waals surface area contributed by atoms with Crippen LogP contribution in [0.1, 0.15) is 18.9 Å². The fourth-order valence-corrected chi connectivity index (χ4v) is 4.85. The zero-order valence-electron chi connectivity index (χ0n) is 15.5. The highest BCUT2D eigenvalue weighted by Crippen LogP contribution is 2.51. The summed E-state index contributed by atoms with van der Waals surface area (Å²) in [5, 5.41) is 10.9. The van der Waals surface area contributed by atoms with Gasteiger partial charge in [0.2, 0.25) is 0 Å². The first-order chi connectivity index (χ1) is 12.3. The highest BCUT2D eigenvalue weighted by atomic mass is 16.7. The minimum atomic E-state index is -1.15. The molecule has 0 unspecified atom stereocenters. The van der Waals surface area contributed by atoms with Crippen LogP contribution in [-0.4, -0.2) is 73.6 Å². The van der Waals surface area contributed by atoms with Crippen LogP contribution in [0.5, 0.6) is 0 Å². The number of likely N-dealkylation sites (tertiary alicyclic amines) is 1. The number of rotatable bonds is 2. The molecule has 2 amide bonds. The molecule has 1 aromatic carbocycles. The SMILES string of the molecule is CN1OC[C@H](N(C(=O)O)c2ccc3c(c2)[C@]2(C)CCN(C)[C@@H]2N3C)C1=O. The first kappa shape index (κ1) is 17.1. The maximum Gasteiger partial charge on any atom is 0.412 e. The number of fused-ring (bicyclic) bond motifs is 3. The van der Waals surface area contributed by atoms with Crippen LogP contribution in [-0.2, 0) is 15.0 Å². The predicted molar refractivity (Wildman–Crippen MR) is 96.2 cm³/mol. The second-order valence-electron chi connectivity index (χ2n) is 7.63. The van der Waals surface area contributed by atoms with Crippen LogP contribution in [0.25, 0.3) is 0 Å². The summed E-state index contributed by atoms with van der Waals surface area (Å²) in [6, 6.07) is 4.82. The van der Waals surface area contributed by atoms with Gasteiger partial charge in [-0.25, -0.2) is 9.86 Å². The number of amides is 2. The molecule has 8 nitrogen and oxygen atoms in total. The number of carboxylic acid groups (broad SMARTS) is 1. The lowest BCUT2D eigenvalue weighted by atomic mass is 9.81. The van der Waals surface area contributed by atoms with Gasteiger partial charge >= 0.3 is 6.09 Å². The van der Waals surface area contributed by atoms with Crippen molar-refractivity contribution in [1.29, 1.82) is 0 Å². The summed E-state index contributed by atoms with van der Waals surface area (Å²) in [6.07, 6.45) is 0.114. The molecule has 3 atom stereocenters. The Hall–Kier alpha value is -2.32. The molecule has 4 rings (SSSR count). The average molecular weight is 360 g/mol. The standard InChI is InChI=1S/C18H24N4O4/c1-18-7-8-19(2)16(18)20(3)13-6-5-11(9-12(13)18)22(17(24)25)14-10-26-21(4)15(14)23/h5-6,9,14,16H,7-8,10H2,1-4H3,(H,24,25)/t14-,16+,18-/m0/s1. The highest BCUT2D eigenvalue weighted by molar-refractivity contribution is 5.97. The van der Waals surface area contributed by atoms with Crippen molar-refractivity contribution < 1.29 is 19.5 Å². The molecule has 2 fully saturated rings. The van der Waals surface area contributed by atoms with Crippen LogP contribution in [0.2, 0.25) is 0 Å². The summed E-state index contributed by atoms with van der Waals surface area (Å²) in [4.78, 5) is 35.1. The lowest BCUT2D eigenvalue weighted by Crippen LogP contribution is -2.46. The Labute approximate surface area is 152 Å². The van der Waals surface area contributed by atoms with E-state index in [0.717, 1.165) is 34.2 Å². The van der Waals surface area contributed by atoms with Crippen molar-refractivity contribution in [3.63, 3.8) is 0 Å². The van der Waals surface area contributed by atoms with E-state index in [4.69, 9.17) is 4.84 Å². The summed E-state index contributed by atoms with van der Waals surface area (Å²) in [5.41, 5.74) is 2.70. The Bertz CT molecular complexity index is 784. The van der Waals surface area contributed by atoms with E-state index in [-0.39, 0.29) is 24.1 Å². The van der Waals surface area contributed by atoms with Crippen molar-refractivity contribution in [3.8, 4) is 0 Å². The van der Waals surface area contributed by atoms with Crippen LogP contribution in [0.15, 0.2) is 18.2 Å². The van der Waals surface area contributed by atoms with E-state index < -0.39 is 12.1 Å². The van der Waals surface area contributed by atoms with Crippen LogP contribution >= 0.6 is 0 Å². The van der Waals surface area contributed by atoms with Crippen molar-refractivity contribution in [2.45, 2.75) is 31.0 Å². The number of anilines is 2. The van der Waals surface area contributed by atoms with Crippen molar-refractivity contribution in [1.82, 2.24) is 9.96 Å². The number of carbonyl (C=O) groups excluding carboxylic acids is 1. The van der Waals surface area contributed by atoms with Gasteiger partial charge in [-0.05, 0) is 37.2 Å². The molecular formula is C18H24N4O4. The molecule has 0 bridgehead atoms. The number of carbonyl (C=O) groups is 2. The Morgan fingerprint density at radius 1 is 1.35 bits per heavy atom. The molecule has 8 heteroatoms. The monoisotopic (exact) mass is 360 g/mol. The number of hydrogen-bond acceptors (Lipinski definition) is 5. The largest absolute Gasteiger partial charge is 0.465 e. The highest BCUT2D eigenvalue weighted by Gasteiger charge is 2.52. The van der Waals surface area contributed by atoms with Gasteiger partial charge in [-0.1, -0.05) is 6.92 Å². The third kappa shape index (κ3) is 2.15. The van der Waals surface area contributed by atoms with Crippen LogP contribution in [0, 0.1) is 0 Å². The van der Waals surface area contributed by atoms with Gasteiger partial charge in [-0.15, -0.1) is 0 Å².